The van der Waals surface area contributed by atoms with Crippen LogP contribution in [-0.4, -0.2) is 33.4 Å². The van der Waals surface area contributed by atoms with Gasteiger partial charge in [0.05, 0.1) is 11.2 Å². The standard InChI is InChI=1S/C7H9ClN6O2S/c1-4-10-7(12-11-4)13-17(15,16)6-5(8)3-9-14(6)2/h3H,1-2H3,(H2,10,11,12,13). The highest BCUT2D eigenvalue weighted by atomic mass is 35.5. The lowest BCUT2D eigenvalue weighted by atomic mass is 10.7. The summed E-state index contributed by atoms with van der Waals surface area (Å²) in [4.78, 5) is 3.84. The summed E-state index contributed by atoms with van der Waals surface area (Å²) in [5, 5.41) is 9.84. The van der Waals surface area contributed by atoms with E-state index in [-0.39, 0.29) is 16.0 Å². The molecule has 8 nitrogen and oxygen atoms in total. The quantitative estimate of drug-likeness (QED) is 0.839. The highest BCUT2D eigenvalue weighted by Crippen LogP contribution is 2.21. The maximum absolute atomic E-state index is 12.0. The van der Waals surface area contributed by atoms with Gasteiger partial charge in [-0.05, 0) is 6.92 Å². The highest BCUT2D eigenvalue weighted by molar-refractivity contribution is 7.92. The molecular formula is C7H9ClN6O2S. The third kappa shape index (κ3) is 2.24. The van der Waals surface area contributed by atoms with Gasteiger partial charge in [0, 0.05) is 7.05 Å². The summed E-state index contributed by atoms with van der Waals surface area (Å²) in [5.41, 5.74) is 0. The van der Waals surface area contributed by atoms with Crippen molar-refractivity contribution in [2.75, 3.05) is 4.72 Å². The van der Waals surface area contributed by atoms with Gasteiger partial charge in [0.15, 0.2) is 5.03 Å². The summed E-state index contributed by atoms with van der Waals surface area (Å²) in [7, 11) is -2.37. The molecule has 0 radical (unpaired) electrons. The van der Waals surface area contributed by atoms with Gasteiger partial charge >= 0.3 is 0 Å². The third-order valence-corrected chi connectivity index (χ3v) is 3.75. The second kappa shape index (κ2) is 4.00. The summed E-state index contributed by atoms with van der Waals surface area (Å²) in [6.07, 6.45) is 1.25. The normalized spacial score (nSPS) is 11.7. The van der Waals surface area contributed by atoms with E-state index in [2.05, 4.69) is 25.0 Å². The molecule has 2 aromatic heterocycles. The molecular weight excluding hydrogens is 268 g/mol. The molecule has 0 amide bonds. The number of sulfonamides is 1. The average molecular weight is 277 g/mol. The van der Waals surface area contributed by atoms with Crippen LogP contribution in [0.2, 0.25) is 5.02 Å². The number of aromatic nitrogens is 5. The lowest BCUT2D eigenvalue weighted by Crippen LogP contribution is -2.17. The van der Waals surface area contributed by atoms with Crippen molar-refractivity contribution in [3.8, 4) is 0 Å². The van der Waals surface area contributed by atoms with Gasteiger partial charge in [0.2, 0.25) is 0 Å². The Morgan fingerprint density at radius 1 is 1.53 bits per heavy atom. The van der Waals surface area contributed by atoms with E-state index in [1.807, 2.05) is 0 Å². The number of anilines is 1. The van der Waals surface area contributed by atoms with E-state index < -0.39 is 10.0 Å². The van der Waals surface area contributed by atoms with Crippen molar-refractivity contribution in [3.63, 3.8) is 0 Å². The van der Waals surface area contributed by atoms with Gasteiger partial charge < -0.3 is 0 Å². The smallest absolute Gasteiger partial charge is 0.261 e. The predicted octanol–water partition coefficient (Wildman–Crippen LogP) is 0.301. The fourth-order valence-electron chi connectivity index (χ4n) is 1.26. The Kier molecular flexibility index (Phi) is 2.79. The van der Waals surface area contributed by atoms with Crippen molar-refractivity contribution >= 4 is 27.6 Å². The van der Waals surface area contributed by atoms with Crippen LogP contribution in [0.5, 0.6) is 0 Å². The van der Waals surface area contributed by atoms with Gasteiger partial charge in [-0.25, -0.2) is 4.72 Å². The molecule has 0 saturated heterocycles. The molecule has 0 bridgehead atoms. The minimum absolute atomic E-state index is 0.0345. The molecule has 92 valence electrons. The number of H-pyrrole nitrogens is 1. The SMILES string of the molecule is Cc1nc(NS(=O)(=O)c2c(Cl)cnn2C)n[nH]1. The number of halogens is 1. The van der Waals surface area contributed by atoms with E-state index in [1.165, 1.54) is 13.2 Å². The number of aryl methyl sites for hydroxylation is 2. The monoisotopic (exact) mass is 276 g/mol. The maximum Gasteiger partial charge on any atom is 0.282 e. The molecule has 2 aromatic rings. The molecule has 0 fully saturated rings. The number of nitrogens with zero attached hydrogens (tertiary/aromatic N) is 4. The number of hydrogen-bond acceptors (Lipinski definition) is 5. The van der Waals surface area contributed by atoms with Gasteiger partial charge in [-0.3, -0.25) is 9.78 Å². The molecule has 0 aromatic carbocycles. The molecule has 17 heavy (non-hydrogen) atoms. The van der Waals surface area contributed by atoms with Gasteiger partial charge in [-0.2, -0.15) is 18.5 Å². The Bertz CT molecular complexity index is 626. The minimum atomic E-state index is -3.84. The zero-order valence-electron chi connectivity index (χ0n) is 8.97. The summed E-state index contributed by atoms with van der Waals surface area (Å²) < 4.78 is 27.3. The van der Waals surface area contributed by atoms with E-state index in [0.717, 1.165) is 4.68 Å². The van der Waals surface area contributed by atoms with Crippen LogP contribution in [0.25, 0.3) is 0 Å². The van der Waals surface area contributed by atoms with Crippen LogP contribution in [-0.2, 0) is 17.1 Å². The summed E-state index contributed by atoms with van der Waals surface area (Å²) in [6, 6.07) is 0. The van der Waals surface area contributed by atoms with Crippen molar-refractivity contribution < 1.29 is 8.42 Å². The molecule has 0 aliphatic rings. The predicted molar refractivity (Wildman–Crippen MR) is 60.1 cm³/mol. The summed E-state index contributed by atoms with van der Waals surface area (Å²) in [5.74, 6) is 0.457. The molecule has 2 N–H and O–H groups in total. The number of rotatable bonds is 3. The topological polar surface area (TPSA) is 106 Å². The fraction of sp³-hybridized carbons (Fsp3) is 0.286. The van der Waals surface area contributed by atoms with Gasteiger partial charge in [-0.1, -0.05) is 11.6 Å². The van der Waals surface area contributed by atoms with E-state index in [1.54, 1.807) is 6.92 Å². The molecule has 0 aliphatic heterocycles. The molecule has 10 heteroatoms. The van der Waals surface area contributed by atoms with Gasteiger partial charge in [0.1, 0.15) is 5.82 Å². The zero-order chi connectivity index (χ0) is 12.6. The van der Waals surface area contributed by atoms with Gasteiger partial charge in [0.25, 0.3) is 16.0 Å². The van der Waals surface area contributed by atoms with Crippen LogP contribution in [0.15, 0.2) is 11.2 Å². The summed E-state index contributed by atoms with van der Waals surface area (Å²) >= 11 is 5.75. The maximum atomic E-state index is 12.0. The second-order valence-electron chi connectivity index (χ2n) is 3.27. The third-order valence-electron chi connectivity index (χ3n) is 1.92. The fourth-order valence-corrected chi connectivity index (χ4v) is 2.86. The van der Waals surface area contributed by atoms with E-state index in [4.69, 9.17) is 11.6 Å². The van der Waals surface area contributed by atoms with Gasteiger partial charge in [-0.15, -0.1) is 5.10 Å². The first-order valence-corrected chi connectivity index (χ1v) is 6.35. The van der Waals surface area contributed by atoms with Crippen LogP contribution < -0.4 is 4.72 Å². The molecule has 2 rings (SSSR count). The van der Waals surface area contributed by atoms with Crippen LogP contribution in [0.4, 0.5) is 5.95 Å². The zero-order valence-corrected chi connectivity index (χ0v) is 10.5. The van der Waals surface area contributed by atoms with Crippen LogP contribution in [0.3, 0.4) is 0 Å². The van der Waals surface area contributed by atoms with Crippen molar-refractivity contribution in [3.05, 3.63) is 17.0 Å². The van der Waals surface area contributed by atoms with Crippen LogP contribution in [0.1, 0.15) is 5.82 Å². The molecule has 0 aliphatic carbocycles. The lowest BCUT2D eigenvalue weighted by molar-refractivity contribution is 0.582. The first-order valence-electron chi connectivity index (χ1n) is 4.49. The van der Waals surface area contributed by atoms with Crippen molar-refractivity contribution in [1.29, 1.82) is 0 Å². The van der Waals surface area contributed by atoms with Crippen LogP contribution in [0, 0.1) is 6.92 Å². The molecule has 0 unspecified atom stereocenters. The van der Waals surface area contributed by atoms with Crippen molar-refractivity contribution in [2.45, 2.75) is 11.9 Å². The average Bonchev–Trinajstić information content (AvgIpc) is 2.73. The molecule has 2 heterocycles. The Labute approximate surface area is 102 Å². The first kappa shape index (κ1) is 11.9. The van der Waals surface area contributed by atoms with Crippen molar-refractivity contribution in [2.24, 2.45) is 7.05 Å². The Balaban J connectivity index is 2.38. The Morgan fingerprint density at radius 3 is 2.71 bits per heavy atom. The molecule has 0 spiro atoms. The van der Waals surface area contributed by atoms with E-state index >= 15 is 0 Å². The number of aromatic amines is 1. The summed E-state index contributed by atoms with van der Waals surface area (Å²) in [6.45, 7) is 1.65. The largest absolute Gasteiger partial charge is 0.282 e. The Morgan fingerprint density at radius 2 is 2.24 bits per heavy atom. The molecule has 0 saturated carbocycles. The minimum Gasteiger partial charge on any atom is -0.261 e. The van der Waals surface area contributed by atoms with Crippen LogP contribution >= 0.6 is 11.6 Å². The highest BCUT2D eigenvalue weighted by Gasteiger charge is 2.24. The second-order valence-corrected chi connectivity index (χ2v) is 5.28. The van der Waals surface area contributed by atoms with E-state index in [9.17, 15) is 8.42 Å². The number of nitrogens with one attached hydrogen (secondary N) is 2. The lowest BCUT2D eigenvalue weighted by Gasteiger charge is -2.04. The first-order chi connectivity index (χ1) is 7.90. The van der Waals surface area contributed by atoms with Crippen molar-refractivity contribution in [1.82, 2.24) is 25.0 Å². The number of hydrogen-bond donors (Lipinski definition) is 2. The Hall–Kier alpha value is -1.61. The molecule has 0 atom stereocenters. The van der Waals surface area contributed by atoms with E-state index in [0.29, 0.717) is 5.82 Å².